The fourth-order valence-corrected chi connectivity index (χ4v) is 12.4. The maximum Gasteiger partial charge on any atom is 0.306 e. The van der Waals surface area contributed by atoms with Crippen LogP contribution in [0.25, 0.3) is 0 Å². The van der Waals surface area contributed by atoms with Crippen molar-refractivity contribution in [3.8, 4) is 0 Å². The number of aliphatic hydroxyl groups is 5. The smallest absolute Gasteiger partial charge is 0.306 e. The molecule has 6 N–H and O–H groups in total. The van der Waals surface area contributed by atoms with E-state index in [2.05, 4.69) is 74.7 Å². The lowest BCUT2D eigenvalue weighted by Crippen LogP contribution is -2.61. The van der Waals surface area contributed by atoms with Gasteiger partial charge in [0.25, 0.3) is 0 Å². The molecule has 0 aromatic carbocycles. The molecular formula is C81H149NO10. The molecule has 0 saturated carbocycles. The summed E-state index contributed by atoms with van der Waals surface area (Å²) in [6.45, 7) is 5.80. The molecule has 92 heavy (non-hydrogen) atoms. The van der Waals surface area contributed by atoms with Gasteiger partial charge in [-0.1, -0.05) is 345 Å². The third-order valence-corrected chi connectivity index (χ3v) is 18.6. The van der Waals surface area contributed by atoms with Crippen LogP contribution in [0.15, 0.2) is 60.8 Å². The Morgan fingerprint density at radius 3 is 1.13 bits per heavy atom. The zero-order chi connectivity index (χ0) is 66.7. The lowest BCUT2D eigenvalue weighted by Gasteiger charge is -2.41. The Morgan fingerprint density at radius 2 is 0.750 bits per heavy atom. The maximum atomic E-state index is 13.5. The molecule has 0 aliphatic carbocycles. The third-order valence-electron chi connectivity index (χ3n) is 18.6. The second-order valence-electron chi connectivity index (χ2n) is 27.4. The minimum absolute atomic E-state index is 0.125. The Bertz CT molecular complexity index is 1730. The van der Waals surface area contributed by atoms with Gasteiger partial charge in [0.1, 0.15) is 24.4 Å². The molecule has 0 aromatic rings. The molecule has 8 unspecified atom stereocenters. The number of esters is 1. The molecular weight excluding hydrogens is 1150 g/mol. The van der Waals surface area contributed by atoms with Gasteiger partial charge < -0.3 is 45.1 Å². The second kappa shape index (κ2) is 68.3. The van der Waals surface area contributed by atoms with Crippen LogP contribution in [0.2, 0.25) is 0 Å². The quantitative estimate of drug-likeness (QED) is 0.0195. The second-order valence-corrected chi connectivity index (χ2v) is 27.4. The number of hydrogen-bond acceptors (Lipinski definition) is 10. The number of rotatable bonds is 69. The van der Waals surface area contributed by atoms with Gasteiger partial charge in [-0.2, -0.15) is 0 Å². The SMILES string of the molecule is CCCCC/C=C\C/C=C\CCCCCCCCCCCCCCCCCCC(O)C(=O)NC(COC1OC(CO)C(O)C(O)C1OC(=O)CCCCCCCCCCCCCCCCC/C=C\C/C=C\CCCCC)C(O)/C=C/CCCCCCCCCCCC. The van der Waals surface area contributed by atoms with Gasteiger partial charge in [-0.15, -0.1) is 0 Å². The molecule has 1 rings (SSSR count). The molecule has 1 heterocycles. The van der Waals surface area contributed by atoms with E-state index in [4.69, 9.17) is 14.2 Å². The molecule has 1 aliphatic heterocycles. The molecule has 0 aromatic heterocycles. The number of carbonyl (C=O) groups is 2. The van der Waals surface area contributed by atoms with Crippen molar-refractivity contribution in [2.45, 2.75) is 429 Å². The Balaban J connectivity index is 2.49. The number of allylic oxidation sites excluding steroid dienone is 9. The maximum absolute atomic E-state index is 13.5. The van der Waals surface area contributed by atoms with Crippen molar-refractivity contribution < 1.29 is 49.3 Å². The van der Waals surface area contributed by atoms with Gasteiger partial charge in [0.15, 0.2) is 12.4 Å². The molecule has 1 aliphatic rings. The first-order valence-electron chi connectivity index (χ1n) is 39.6. The normalized spacial score (nSPS) is 18.2. The van der Waals surface area contributed by atoms with Crippen molar-refractivity contribution in [2.75, 3.05) is 13.2 Å². The Morgan fingerprint density at radius 1 is 0.424 bits per heavy atom. The van der Waals surface area contributed by atoms with Gasteiger partial charge in [0, 0.05) is 6.42 Å². The summed E-state index contributed by atoms with van der Waals surface area (Å²) in [5.41, 5.74) is 0. The molecule has 538 valence electrons. The number of hydrogen-bond donors (Lipinski definition) is 6. The van der Waals surface area contributed by atoms with Crippen LogP contribution in [-0.4, -0.2) is 99.6 Å². The van der Waals surface area contributed by atoms with E-state index in [1.807, 2.05) is 6.08 Å². The zero-order valence-corrected chi connectivity index (χ0v) is 60.2. The van der Waals surface area contributed by atoms with E-state index in [9.17, 15) is 35.1 Å². The summed E-state index contributed by atoms with van der Waals surface area (Å²) in [5, 5.41) is 57.4. The van der Waals surface area contributed by atoms with E-state index in [1.165, 1.54) is 263 Å². The van der Waals surface area contributed by atoms with Crippen LogP contribution in [-0.2, 0) is 23.8 Å². The van der Waals surface area contributed by atoms with Crippen molar-refractivity contribution in [3.63, 3.8) is 0 Å². The Hall–Kier alpha value is -2.64. The van der Waals surface area contributed by atoms with Crippen molar-refractivity contribution in [1.29, 1.82) is 0 Å². The van der Waals surface area contributed by atoms with Gasteiger partial charge >= 0.3 is 5.97 Å². The number of nitrogens with one attached hydrogen (secondary N) is 1. The Kier molecular flexibility index (Phi) is 64.9. The van der Waals surface area contributed by atoms with E-state index in [0.717, 1.165) is 70.6 Å². The van der Waals surface area contributed by atoms with Gasteiger partial charge in [-0.3, -0.25) is 9.59 Å². The van der Waals surface area contributed by atoms with Crippen molar-refractivity contribution in [3.05, 3.63) is 60.8 Å². The third kappa shape index (κ3) is 54.5. The van der Waals surface area contributed by atoms with Crippen LogP contribution in [0.1, 0.15) is 380 Å². The fourth-order valence-electron chi connectivity index (χ4n) is 12.4. The predicted octanol–water partition coefficient (Wildman–Crippen LogP) is 21.2. The van der Waals surface area contributed by atoms with Crippen LogP contribution in [0.4, 0.5) is 0 Å². The fraction of sp³-hybridized carbons (Fsp3) is 0.852. The summed E-state index contributed by atoms with van der Waals surface area (Å²) in [6, 6.07) is -1.02. The molecule has 0 bridgehead atoms. The first-order chi connectivity index (χ1) is 45.2. The van der Waals surface area contributed by atoms with Gasteiger partial charge in [0.05, 0.1) is 25.4 Å². The Labute approximate surface area is 567 Å². The lowest BCUT2D eigenvalue weighted by molar-refractivity contribution is -0.305. The van der Waals surface area contributed by atoms with Crippen LogP contribution < -0.4 is 5.32 Å². The van der Waals surface area contributed by atoms with Crippen LogP contribution in [0.3, 0.4) is 0 Å². The zero-order valence-electron chi connectivity index (χ0n) is 60.2. The first kappa shape index (κ1) is 87.4. The van der Waals surface area contributed by atoms with Gasteiger partial charge in [0.2, 0.25) is 5.91 Å². The highest BCUT2D eigenvalue weighted by Crippen LogP contribution is 2.27. The summed E-state index contributed by atoms with van der Waals surface area (Å²) >= 11 is 0. The summed E-state index contributed by atoms with van der Waals surface area (Å²) in [7, 11) is 0. The topological polar surface area (TPSA) is 175 Å². The predicted molar refractivity (Wildman–Crippen MR) is 389 cm³/mol. The van der Waals surface area contributed by atoms with Crippen molar-refractivity contribution in [2.24, 2.45) is 0 Å². The highest BCUT2D eigenvalue weighted by molar-refractivity contribution is 5.80. The van der Waals surface area contributed by atoms with E-state index in [1.54, 1.807) is 6.08 Å². The minimum Gasteiger partial charge on any atom is -0.454 e. The molecule has 11 nitrogen and oxygen atoms in total. The summed E-state index contributed by atoms with van der Waals surface area (Å²) in [5.74, 6) is -1.18. The van der Waals surface area contributed by atoms with Crippen LogP contribution in [0, 0.1) is 0 Å². The number of carbonyl (C=O) groups excluding carboxylic acids is 2. The highest BCUT2D eigenvalue weighted by Gasteiger charge is 2.47. The largest absolute Gasteiger partial charge is 0.454 e. The lowest BCUT2D eigenvalue weighted by atomic mass is 9.99. The van der Waals surface area contributed by atoms with Crippen molar-refractivity contribution >= 4 is 11.9 Å². The van der Waals surface area contributed by atoms with E-state index < -0.39 is 67.4 Å². The number of amides is 1. The van der Waals surface area contributed by atoms with Crippen LogP contribution >= 0.6 is 0 Å². The van der Waals surface area contributed by atoms with E-state index >= 15 is 0 Å². The summed E-state index contributed by atoms with van der Waals surface area (Å²) < 4.78 is 17.8. The average Bonchev–Trinajstić information content (AvgIpc) is 0.881. The standard InChI is InChI=1S/C81H149NO10/c1-4-7-10-13-16-19-22-25-27-29-31-33-35-37-39-40-42-44-46-48-50-53-56-59-62-65-68-74(85)80(89)82-72(73(84)67-64-61-58-55-52-24-21-18-15-12-9-6-3)71-90-81-79(78(88)77(87)75(70-83)91-81)92-76(86)69-66-63-60-57-54-51-49-47-45-43-41-38-36-34-32-30-28-26-23-20-17-14-11-8-5-2/h16-17,19-20,25-28,64,67,72-75,77-79,81,83-85,87-88H,4-15,18,21-24,29-63,65-66,68-71H2,1-3H3,(H,82,89)/b19-16-,20-17-,27-25-,28-26-,67-64+. The molecule has 8 atom stereocenters. The van der Waals surface area contributed by atoms with E-state index in [0.29, 0.717) is 19.3 Å². The average molecular weight is 1300 g/mol. The molecule has 1 fully saturated rings. The van der Waals surface area contributed by atoms with Crippen LogP contribution in [0.5, 0.6) is 0 Å². The van der Waals surface area contributed by atoms with Gasteiger partial charge in [-0.05, 0) is 89.9 Å². The number of aliphatic hydroxyl groups excluding tert-OH is 5. The minimum atomic E-state index is -1.61. The first-order valence-corrected chi connectivity index (χ1v) is 39.6. The van der Waals surface area contributed by atoms with Crippen molar-refractivity contribution in [1.82, 2.24) is 5.32 Å². The molecule has 0 spiro atoms. The highest BCUT2D eigenvalue weighted by atomic mass is 16.7. The molecule has 1 amide bonds. The molecule has 0 radical (unpaired) electrons. The number of unbranched alkanes of at least 4 members (excludes halogenated alkanes) is 47. The molecule has 1 saturated heterocycles. The van der Waals surface area contributed by atoms with Gasteiger partial charge in [-0.25, -0.2) is 0 Å². The van der Waals surface area contributed by atoms with E-state index in [-0.39, 0.29) is 13.0 Å². The molecule has 11 heteroatoms. The summed E-state index contributed by atoms with van der Waals surface area (Å²) in [4.78, 5) is 26.8. The summed E-state index contributed by atoms with van der Waals surface area (Å²) in [6.07, 6.45) is 78.5. The monoisotopic (exact) mass is 1300 g/mol. The number of ether oxygens (including phenoxy) is 3.